The first-order valence-electron chi connectivity index (χ1n) is 7.07. The van der Waals surface area contributed by atoms with Crippen LogP contribution in [0, 0.1) is 5.92 Å². The summed E-state index contributed by atoms with van der Waals surface area (Å²) in [5, 5.41) is 0. The van der Waals surface area contributed by atoms with Crippen LogP contribution in [0.4, 0.5) is 0 Å². The topological polar surface area (TPSA) is 191 Å². The number of hydrogen-bond donors (Lipinski definition) is 4. The van der Waals surface area contributed by atoms with Gasteiger partial charge < -0.3 is 32.4 Å². The van der Waals surface area contributed by atoms with E-state index in [1.165, 1.54) is 0 Å². The molecule has 10 nitrogen and oxygen atoms in total. The van der Waals surface area contributed by atoms with Gasteiger partial charge in [-0.15, -0.1) is 0 Å². The molecule has 0 rings (SSSR count). The number of hydrogen-bond acceptors (Lipinski definition) is 9. The van der Waals surface area contributed by atoms with Crippen molar-refractivity contribution in [3.05, 3.63) is 0 Å². The van der Waals surface area contributed by atoms with Gasteiger partial charge in [0.1, 0.15) is 24.7 Å². The molecule has 0 aromatic carbocycles. The largest absolute Gasteiger partial charge is 0.462 e. The van der Waals surface area contributed by atoms with Gasteiger partial charge in [-0.3, -0.25) is 9.59 Å². The Labute approximate surface area is 133 Å². The fraction of sp³-hybridized carbons (Fsp3) is 0.692. The van der Waals surface area contributed by atoms with Crippen LogP contribution in [-0.2, 0) is 28.7 Å². The molecule has 0 aliphatic rings. The SMILES string of the molecule is CC[C@H](C)[C@H](N)C(=O)OC[C@H](N)C(=O)OC(=O)[C@@H](N)CC(N)=O. The standard InChI is InChI=1S/C13H24N4O6/c1-3-6(2)10(17)13(21)22-5-8(15)12(20)23-11(19)7(14)4-9(16)18/h6-8,10H,3-5,14-15,17H2,1-2H3,(H2,16,18)/t6-,7-,8-,10-/m0/s1. The van der Waals surface area contributed by atoms with Crippen LogP contribution in [0.1, 0.15) is 26.7 Å². The fourth-order valence-electron chi connectivity index (χ4n) is 1.37. The van der Waals surface area contributed by atoms with Gasteiger partial charge >= 0.3 is 17.9 Å². The van der Waals surface area contributed by atoms with Crippen LogP contribution >= 0.6 is 0 Å². The van der Waals surface area contributed by atoms with E-state index in [1.807, 2.05) is 6.92 Å². The van der Waals surface area contributed by atoms with Crippen LogP contribution in [0.5, 0.6) is 0 Å². The van der Waals surface area contributed by atoms with Crippen molar-refractivity contribution < 1.29 is 28.7 Å². The zero-order chi connectivity index (χ0) is 18.2. The zero-order valence-corrected chi connectivity index (χ0v) is 13.2. The molecular weight excluding hydrogens is 308 g/mol. The molecule has 0 bridgehead atoms. The number of esters is 3. The first-order chi connectivity index (χ1) is 10.6. The summed E-state index contributed by atoms with van der Waals surface area (Å²) >= 11 is 0. The van der Waals surface area contributed by atoms with Crippen molar-refractivity contribution in [2.24, 2.45) is 28.9 Å². The van der Waals surface area contributed by atoms with E-state index >= 15 is 0 Å². The van der Waals surface area contributed by atoms with Crippen LogP contribution in [0.25, 0.3) is 0 Å². The van der Waals surface area contributed by atoms with Crippen molar-refractivity contribution >= 4 is 23.8 Å². The molecule has 0 aromatic rings. The molecule has 23 heavy (non-hydrogen) atoms. The molecule has 0 unspecified atom stereocenters. The Morgan fingerprint density at radius 3 is 1.96 bits per heavy atom. The number of ether oxygens (including phenoxy) is 2. The van der Waals surface area contributed by atoms with Crippen molar-refractivity contribution in [2.45, 2.75) is 44.8 Å². The Bertz CT molecular complexity index is 456. The predicted molar refractivity (Wildman–Crippen MR) is 79.3 cm³/mol. The number of rotatable bonds is 9. The zero-order valence-electron chi connectivity index (χ0n) is 13.2. The lowest BCUT2D eigenvalue weighted by Crippen LogP contribution is -2.45. The van der Waals surface area contributed by atoms with Crippen LogP contribution in [-0.4, -0.2) is 48.5 Å². The van der Waals surface area contributed by atoms with Gasteiger partial charge in [-0.1, -0.05) is 20.3 Å². The van der Waals surface area contributed by atoms with Gasteiger partial charge in [-0.25, -0.2) is 9.59 Å². The Morgan fingerprint density at radius 1 is 0.957 bits per heavy atom. The van der Waals surface area contributed by atoms with E-state index in [0.29, 0.717) is 6.42 Å². The second kappa shape index (κ2) is 9.87. The first kappa shape index (κ1) is 21.0. The molecular formula is C13H24N4O6. The maximum Gasteiger partial charge on any atom is 0.334 e. The molecule has 0 saturated carbocycles. The van der Waals surface area contributed by atoms with Gasteiger partial charge in [0, 0.05) is 0 Å². The Kier molecular flexibility index (Phi) is 9.00. The lowest BCUT2D eigenvalue weighted by atomic mass is 10.0. The van der Waals surface area contributed by atoms with Crippen molar-refractivity contribution in [1.82, 2.24) is 0 Å². The van der Waals surface area contributed by atoms with Crippen molar-refractivity contribution in [1.29, 1.82) is 0 Å². The molecule has 4 atom stereocenters. The fourth-order valence-corrected chi connectivity index (χ4v) is 1.37. The summed E-state index contributed by atoms with van der Waals surface area (Å²) in [6.07, 6.45) is 0.205. The molecule has 8 N–H and O–H groups in total. The lowest BCUT2D eigenvalue weighted by molar-refractivity contribution is -0.163. The third-order valence-corrected chi connectivity index (χ3v) is 3.16. The Balaban J connectivity index is 4.33. The maximum atomic E-state index is 11.6. The molecule has 0 fully saturated rings. The quantitative estimate of drug-likeness (QED) is 0.261. The van der Waals surface area contributed by atoms with E-state index in [1.54, 1.807) is 6.92 Å². The lowest BCUT2D eigenvalue weighted by Gasteiger charge is -2.18. The number of amides is 1. The Morgan fingerprint density at radius 2 is 1.48 bits per heavy atom. The number of carbonyl (C=O) groups is 4. The minimum absolute atomic E-state index is 0.0981. The minimum Gasteiger partial charge on any atom is -0.462 e. The van der Waals surface area contributed by atoms with E-state index in [9.17, 15) is 19.2 Å². The molecule has 0 spiro atoms. The Hall–Kier alpha value is -2.04. The highest BCUT2D eigenvalue weighted by Crippen LogP contribution is 2.07. The molecule has 10 heteroatoms. The van der Waals surface area contributed by atoms with Crippen molar-refractivity contribution in [3.63, 3.8) is 0 Å². The summed E-state index contributed by atoms with van der Waals surface area (Å²) in [6, 6.07) is -3.59. The average Bonchev–Trinajstić information content (AvgIpc) is 2.49. The van der Waals surface area contributed by atoms with Gasteiger partial charge in [-0.05, 0) is 5.92 Å². The highest BCUT2D eigenvalue weighted by atomic mass is 16.6. The molecule has 132 valence electrons. The number of primary amides is 1. The summed E-state index contributed by atoms with van der Waals surface area (Å²) in [6.45, 7) is 3.14. The van der Waals surface area contributed by atoms with Crippen LogP contribution < -0.4 is 22.9 Å². The van der Waals surface area contributed by atoms with Gasteiger partial charge in [0.2, 0.25) is 5.91 Å². The summed E-state index contributed by atoms with van der Waals surface area (Å²) in [5.41, 5.74) is 21.3. The average molecular weight is 332 g/mol. The van der Waals surface area contributed by atoms with E-state index in [0.717, 1.165) is 0 Å². The highest BCUT2D eigenvalue weighted by molar-refractivity contribution is 5.93. The molecule has 0 heterocycles. The highest BCUT2D eigenvalue weighted by Gasteiger charge is 2.27. The molecule has 0 aromatic heterocycles. The smallest absolute Gasteiger partial charge is 0.334 e. The predicted octanol–water partition coefficient (Wildman–Crippen LogP) is -2.50. The van der Waals surface area contributed by atoms with Gasteiger partial charge in [0.15, 0.2) is 0 Å². The molecule has 0 saturated heterocycles. The second-order valence-electron chi connectivity index (χ2n) is 5.16. The third kappa shape index (κ3) is 7.68. The summed E-state index contributed by atoms with van der Waals surface area (Å²) in [4.78, 5) is 45.2. The monoisotopic (exact) mass is 332 g/mol. The van der Waals surface area contributed by atoms with Crippen LogP contribution in [0.15, 0.2) is 0 Å². The maximum absolute atomic E-state index is 11.6. The normalized spacial score (nSPS) is 15.9. The van der Waals surface area contributed by atoms with E-state index in [-0.39, 0.29) is 5.92 Å². The van der Waals surface area contributed by atoms with Gasteiger partial charge in [0.25, 0.3) is 0 Å². The van der Waals surface area contributed by atoms with Gasteiger partial charge in [0.05, 0.1) is 6.42 Å². The number of nitrogens with two attached hydrogens (primary N) is 4. The minimum atomic E-state index is -1.38. The van der Waals surface area contributed by atoms with Crippen LogP contribution in [0.3, 0.4) is 0 Å². The van der Waals surface area contributed by atoms with Crippen LogP contribution in [0.2, 0.25) is 0 Å². The third-order valence-electron chi connectivity index (χ3n) is 3.16. The van der Waals surface area contributed by atoms with Gasteiger partial charge in [-0.2, -0.15) is 0 Å². The summed E-state index contributed by atoms with van der Waals surface area (Å²) < 4.78 is 9.19. The van der Waals surface area contributed by atoms with Crippen molar-refractivity contribution in [3.8, 4) is 0 Å². The molecule has 1 amide bonds. The van der Waals surface area contributed by atoms with E-state index < -0.39 is 55.0 Å². The first-order valence-corrected chi connectivity index (χ1v) is 7.07. The summed E-state index contributed by atoms with van der Waals surface area (Å²) in [7, 11) is 0. The second-order valence-corrected chi connectivity index (χ2v) is 5.16. The van der Waals surface area contributed by atoms with E-state index in [2.05, 4.69) is 4.74 Å². The van der Waals surface area contributed by atoms with Crippen molar-refractivity contribution in [2.75, 3.05) is 6.61 Å². The summed E-state index contributed by atoms with van der Waals surface area (Å²) in [5.74, 6) is -3.91. The number of carbonyl (C=O) groups excluding carboxylic acids is 4. The molecule has 0 radical (unpaired) electrons. The molecule has 0 aliphatic carbocycles. The van der Waals surface area contributed by atoms with E-state index in [4.69, 9.17) is 27.7 Å². The molecule has 0 aliphatic heterocycles.